The number of aromatic carboxylic acids is 1. The van der Waals surface area contributed by atoms with E-state index in [1.54, 1.807) is 0 Å². The van der Waals surface area contributed by atoms with Crippen molar-refractivity contribution in [1.82, 2.24) is 4.72 Å². The van der Waals surface area contributed by atoms with E-state index in [1.165, 1.54) is 31.2 Å². The molecule has 0 fully saturated rings. The van der Waals surface area contributed by atoms with E-state index in [-0.39, 0.29) is 30.0 Å². The summed E-state index contributed by atoms with van der Waals surface area (Å²) in [5, 5.41) is 8.93. The maximum Gasteiger partial charge on any atom is 0.382 e. The molecule has 0 radical (unpaired) electrons. The zero-order valence-corrected chi connectivity index (χ0v) is 12.6. The van der Waals surface area contributed by atoms with Gasteiger partial charge in [-0.2, -0.15) is 13.1 Å². The number of para-hydroxylation sites is 1. The van der Waals surface area contributed by atoms with Crippen LogP contribution in [0.3, 0.4) is 0 Å². The van der Waals surface area contributed by atoms with Gasteiger partial charge in [0.05, 0.1) is 0 Å². The lowest BCUT2D eigenvalue weighted by Gasteiger charge is -2.10. The highest BCUT2D eigenvalue weighted by atomic mass is 32.2. The van der Waals surface area contributed by atoms with Gasteiger partial charge in [-0.25, -0.2) is 9.59 Å². The van der Waals surface area contributed by atoms with Gasteiger partial charge in [0, 0.05) is 12.1 Å². The molecule has 1 aromatic rings. The molecule has 0 aliphatic rings. The molecule has 0 spiro atoms. The molecule has 0 aromatic heterocycles. The van der Waals surface area contributed by atoms with E-state index in [0.29, 0.717) is 0 Å². The van der Waals surface area contributed by atoms with Crippen LogP contribution in [0.4, 0.5) is 0 Å². The number of ether oxygens (including phenoxy) is 1. The standard InChI is InChI=1S/C13H15NO7S/c1-9(2)13(17)20-8-7-14-22(18,19)21-11-6-4-3-5-10(11)12(15)16/h3-6,14H,1,7-8H2,2H3,(H,15,16). The number of carbonyl (C=O) groups excluding carboxylic acids is 1. The van der Waals surface area contributed by atoms with E-state index in [0.717, 1.165) is 0 Å². The van der Waals surface area contributed by atoms with Crippen LogP contribution in [0.1, 0.15) is 17.3 Å². The van der Waals surface area contributed by atoms with Crippen molar-refractivity contribution in [3.05, 3.63) is 42.0 Å². The van der Waals surface area contributed by atoms with Crippen molar-refractivity contribution in [1.29, 1.82) is 0 Å². The van der Waals surface area contributed by atoms with Crippen LogP contribution in [0, 0.1) is 0 Å². The number of esters is 1. The Morgan fingerprint density at radius 2 is 1.95 bits per heavy atom. The SMILES string of the molecule is C=C(C)C(=O)OCCNS(=O)(=O)Oc1ccccc1C(=O)O. The van der Waals surface area contributed by atoms with E-state index >= 15 is 0 Å². The molecule has 0 saturated heterocycles. The molecule has 0 aliphatic heterocycles. The van der Waals surface area contributed by atoms with Crippen LogP contribution >= 0.6 is 0 Å². The predicted octanol–water partition coefficient (Wildman–Crippen LogP) is 0.717. The zero-order valence-electron chi connectivity index (χ0n) is 11.7. The highest BCUT2D eigenvalue weighted by Crippen LogP contribution is 2.19. The maximum absolute atomic E-state index is 11.7. The van der Waals surface area contributed by atoms with Gasteiger partial charge >= 0.3 is 22.2 Å². The van der Waals surface area contributed by atoms with Gasteiger partial charge in [-0.3, -0.25) is 0 Å². The molecule has 2 N–H and O–H groups in total. The van der Waals surface area contributed by atoms with Crippen molar-refractivity contribution in [2.24, 2.45) is 0 Å². The van der Waals surface area contributed by atoms with Crippen LogP contribution in [-0.4, -0.2) is 38.6 Å². The normalized spacial score (nSPS) is 10.8. The molecule has 9 heteroatoms. The first-order valence-corrected chi connectivity index (χ1v) is 7.48. The lowest BCUT2D eigenvalue weighted by atomic mass is 10.2. The van der Waals surface area contributed by atoms with Gasteiger partial charge in [-0.05, 0) is 19.1 Å². The summed E-state index contributed by atoms with van der Waals surface area (Å²) in [7, 11) is -4.24. The summed E-state index contributed by atoms with van der Waals surface area (Å²) in [5.74, 6) is -2.28. The predicted molar refractivity (Wildman–Crippen MR) is 76.7 cm³/mol. The number of benzene rings is 1. The minimum absolute atomic E-state index is 0.189. The largest absolute Gasteiger partial charge is 0.478 e. The van der Waals surface area contributed by atoms with E-state index < -0.39 is 22.2 Å². The fourth-order valence-electron chi connectivity index (χ4n) is 1.30. The van der Waals surface area contributed by atoms with Crippen molar-refractivity contribution < 1.29 is 32.0 Å². The Labute approximate surface area is 127 Å². The highest BCUT2D eigenvalue weighted by Gasteiger charge is 2.17. The average molecular weight is 329 g/mol. The van der Waals surface area contributed by atoms with Crippen molar-refractivity contribution in [2.75, 3.05) is 13.2 Å². The van der Waals surface area contributed by atoms with Crippen molar-refractivity contribution in [2.45, 2.75) is 6.92 Å². The smallest absolute Gasteiger partial charge is 0.382 e. The lowest BCUT2D eigenvalue weighted by molar-refractivity contribution is -0.138. The number of carboxylic acids is 1. The first-order valence-electron chi connectivity index (χ1n) is 6.07. The van der Waals surface area contributed by atoms with Crippen LogP contribution in [0.2, 0.25) is 0 Å². The molecule has 0 amide bonds. The molecule has 1 rings (SSSR count). The molecule has 0 saturated carbocycles. The van der Waals surface area contributed by atoms with Crippen LogP contribution < -0.4 is 8.91 Å². The van der Waals surface area contributed by atoms with Gasteiger partial charge < -0.3 is 14.0 Å². The quantitative estimate of drug-likeness (QED) is 0.409. The molecular formula is C13H15NO7S. The van der Waals surface area contributed by atoms with Gasteiger partial charge in [0.25, 0.3) is 0 Å². The third-order valence-corrected chi connectivity index (χ3v) is 3.24. The number of hydrogen-bond donors (Lipinski definition) is 2. The molecule has 22 heavy (non-hydrogen) atoms. The van der Waals surface area contributed by atoms with Gasteiger partial charge in [-0.1, -0.05) is 18.7 Å². The summed E-state index contributed by atoms with van der Waals surface area (Å²) >= 11 is 0. The summed E-state index contributed by atoms with van der Waals surface area (Å²) in [6.45, 7) is 4.39. The van der Waals surface area contributed by atoms with Crippen LogP contribution in [-0.2, 0) is 19.8 Å². The monoisotopic (exact) mass is 329 g/mol. The first-order chi connectivity index (χ1) is 10.2. The van der Waals surface area contributed by atoms with Crippen LogP contribution in [0.5, 0.6) is 5.75 Å². The topological polar surface area (TPSA) is 119 Å². The highest BCUT2D eigenvalue weighted by molar-refractivity contribution is 7.85. The second kappa shape index (κ2) is 7.57. The van der Waals surface area contributed by atoms with E-state index in [9.17, 15) is 18.0 Å². The van der Waals surface area contributed by atoms with Crippen LogP contribution in [0.25, 0.3) is 0 Å². The van der Waals surface area contributed by atoms with Gasteiger partial charge in [0.2, 0.25) is 0 Å². The minimum Gasteiger partial charge on any atom is -0.478 e. The van der Waals surface area contributed by atoms with E-state index in [4.69, 9.17) is 9.84 Å². The zero-order chi connectivity index (χ0) is 16.8. The van der Waals surface area contributed by atoms with Crippen molar-refractivity contribution in [3.63, 3.8) is 0 Å². The molecule has 0 heterocycles. The van der Waals surface area contributed by atoms with Gasteiger partial charge in [0.1, 0.15) is 12.2 Å². The van der Waals surface area contributed by atoms with E-state index in [2.05, 4.69) is 10.8 Å². The Bertz CT molecular complexity index is 681. The summed E-state index contributed by atoms with van der Waals surface area (Å²) < 4.78 is 34.7. The van der Waals surface area contributed by atoms with Crippen molar-refractivity contribution in [3.8, 4) is 5.75 Å². The molecule has 8 nitrogen and oxygen atoms in total. The number of rotatable bonds is 8. The summed E-state index contributed by atoms with van der Waals surface area (Å²) in [4.78, 5) is 22.0. The molecule has 120 valence electrons. The summed E-state index contributed by atoms with van der Waals surface area (Å²) in [6.07, 6.45) is 0. The van der Waals surface area contributed by atoms with E-state index in [1.807, 2.05) is 4.72 Å². The van der Waals surface area contributed by atoms with Crippen LogP contribution in [0.15, 0.2) is 36.4 Å². The third-order valence-electron chi connectivity index (χ3n) is 2.28. The first kappa shape index (κ1) is 17.7. The Morgan fingerprint density at radius 1 is 1.32 bits per heavy atom. The summed E-state index contributed by atoms with van der Waals surface area (Å²) in [5.41, 5.74) is -0.101. The van der Waals surface area contributed by atoms with Gasteiger partial charge in [0.15, 0.2) is 5.75 Å². The number of hydrogen-bond acceptors (Lipinski definition) is 6. The molecule has 0 bridgehead atoms. The fourth-order valence-corrected chi connectivity index (χ4v) is 2.07. The summed E-state index contributed by atoms with van der Waals surface area (Å²) in [6, 6.07) is 5.30. The Hall–Kier alpha value is -2.39. The molecule has 0 atom stereocenters. The lowest BCUT2D eigenvalue weighted by Crippen LogP contribution is -2.32. The second-order valence-corrected chi connectivity index (χ2v) is 5.51. The van der Waals surface area contributed by atoms with Crippen molar-refractivity contribution >= 4 is 22.2 Å². The Morgan fingerprint density at radius 3 is 2.55 bits per heavy atom. The average Bonchev–Trinajstić information content (AvgIpc) is 2.43. The number of nitrogens with one attached hydrogen (secondary N) is 1. The Kier molecular flexibility index (Phi) is 6.08. The molecule has 0 unspecified atom stereocenters. The second-order valence-electron chi connectivity index (χ2n) is 4.15. The third kappa shape index (κ3) is 5.54. The minimum atomic E-state index is -4.24. The molecular weight excluding hydrogens is 314 g/mol. The Balaban J connectivity index is 2.60. The van der Waals surface area contributed by atoms with Gasteiger partial charge in [-0.15, -0.1) is 0 Å². The number of carbonyl (C=O) groups is 2. The molecule has 1 aromatic carbocycles. The number of carboxylic acid groups (broad SMARTS) is 1. The fraction of sp³-hybridized carbons (Fsp3) is 0.231. The molecule has 0 aliphatic carbocycles. The maximum atomic E-state index is 11.7.